The molecule has 2 atom stereocenters. The maximum atomic E-state index is 4.67. The van der Waals surface area contributed by atoms with Crippen molar-refractivity contribution in [3.8, 4) is 0 Å². The Morgan fingerprint density at radius 1 is 1.20 bits per heavy atom. The molecule has 0 bridgehead atoms. The lowest BCUT2D eigenvalue weighted by molar-refractivity contribution is 0.176. The fourth-order valence-electron chi connectivity index (χ4n) is 3.87. The Bertz CT molecular complexity index is 483. The predicted molar refractivity (Wildman–Crippen MR) is 84.3 cm³/mol. The van der Waals surface area contributed by atoms with E-state index in [0.717, 1.165) is 11.7 Å². The number of nitrogens with zero attached hydrogens (tertiary/aromatic N) is 3. The number of aryl methyl sites for hydroxylation is 2. The molecule has 0 aromatic carbocycles. The number of anilines is 1. The van der Waals surface area contributed by atoms with Crippen molar-refractivity contribution in [2.75, 3.05) is 24.5 Å². The topological polar surface area (TPSA) is 19.4 Å². The van der Waals surface area contributed by atoms with E-state index in [-0.39, 0.29) is 0 Å². The SMILES string of the molecule is Cc1ccc(N2CC3CCCN3CC2C(C)C)c(C)n1. The van der Waals surface area contributed by atoms with E-state index in [4.69, 9.17) is 0 Å². The van der Waals surface area contributed by atoms with Crippen molar-refractivity contribution in [2.24, 2.45) is 5.92 Å². The van der Waals surface area contributed by atoms with Crippen LogP contribution in [0.3, 0.4) is 0 Å². The molecule has 3 heteroatoms. The second-order valence-corrected chi connectivity index (χ2v) is 6.81. The highest BCUT2D eigenvalue weighted by molar-refractivity contribution is 5.52. The maximum absolute atomic E-state index is 4.67. The van der Waals surface area contributed by atoms with Crippen LogP contribution in [0.4, 0.5) is 5.69 Å². The van der Waals surface area contributed by atoms with Gasteiger partial charge in [0.15, 0.2) is 0 Å². The highest BCUT2D eigenvalue weighted by atomic mass is 15.3. The molecule has 2 unspecified atom stereocenters. The molecule has 2 fully saturated rings. The molecule has 0 aliphatic carbocycles. The number of rotatable bonds is 2. The van der Waals surface area contributed by atoms with E-state index in [9.17, 15) is 0 Å². The number of piperazine rings is 1. The molecular formula is C17H27N3. The zero-order valence-corrected chi connectivity index (χ0v) is 13.3. The third kappa shape index (κ3) is 2.44. The molecule has 2 aliphatic heterocycles. The summed E-state index contributed by atoms with van der Waals surface area (Å²) in [5.41, 5.74) is 3.65. The molecule has 0 N–H and O–H groups in total. The van der Waals surface area contributed by atoms with Gasteiger partial charge in [-0.1, -0.05) is 13.8 Å². The Labute approximate surface area is 123 Å². The molecular weight excluding hydrogens is 246 g/mol. The Hall–Kier alpha value is -1.09. The van der Waals surface area contributed by atoms with E-state index in [1.165, 1.54) is 43.9 Å². The van der Waals surface area contributed by atoms with E-state index in [0.29, 0.717) is 12.0 Å². The molecule has 3 nitrogen and oxygen atoms in total. The standard InChI is InChI=1S/C17H27N3/c1-12(2)17-11-19-9-5-6-15(19)10-20(17)16-8-7-13(3)18-14(16)4/h7-8,12,15,17H,5-6,9-11H2,1-4H3. The van der Waals surface area contributed by atoms with Gasteiger partial charge >= 0.3 is 0 Å². The second-order valence-electron chi connectivity index (χ2n) is 6.81. The summed E-state index contributed by atoms with van der Waals surface area (Å²) in [6, 6.07) is 5.80. The first-order valence-electron chi connectivity index (χ1n) is 8.01. The van der Waals surface area contributed by atoms with E-state index < -0.39 is 0 Å². The van der Waals surface area contributed by atoms with Crippen LogP contribution in [0.25, 0.3) is 0 Å². The van der Waals surface area contributed by atoms with Crippen molar-refractivity contribution in [3.63, 3.8) is 0 Å². The lowest BCUT2D eigenvalue weighted by atomic mass is 9.96. The summed E-state index contributed by atoms with van der Waals surface area (Å²) in [4.78, 5) is 10.0. The summed E-state index contributed by atoms with van der Waals surface area (Å²) in [5, 5.41) is 0. The van der Waals surface area contributed by atoms with Crippen LogP contribution in [0.15, 0.2) is 12.1 Å². The Kier molecular flexibility index (Phi) is 3.72. The summed E-state index contributed by atoms with van der Waals surface area (Å²) in [7, 11) is 0. The quantitative estimate of drug-likeness (QED) is 0.826. The van der Waals surface area contributed by atoms with E-state index >= 15 is 0 Å². The fourth-order valence-corrected chi connectivity index (χ4v) is 3.87. The van der Waals surface area contributed by atoms with Crippen molar-refractivity contribution in [1.29, 1.82) is 0 Å². The van der Waals surface area contributed by atoms with Crippen LogP contribution in [0.5, 0.6) is 0 Å². The van der Waals surface area contributed by atoms with Gasteiger partial charge in [0.05, 0.1) is 11.4 Å². The number of hydrogen-bond acceptors (Lipinski definition) is 3. The summed E-state index contributed by atoms with van der Waals surface area (Å²) in [6.07, 6.45) is 2.73. The van der Waals surface area contributed by atoms with Gasteiger partial charge < -0.3 is 4.90 Å². The molecule has 3 rings (SSSR count). The van der Waals surface area contributed by atoms with Crippen molar-refractivity contribution in [2.45, 2.75) is 52.6 Å². The second kappa shape index (κ2) is 5.36. The summed E-state index contributed by atoms with van der Waals surface area (Å²) in [5.74, 6) is 0.678. The molecule has 20 heavy (non-hydrogen) atoms. The van der Waals surface area contributed by atoms with Gasteiger partial charge in [0.1, 0.15) is 0 Å². The highest BCUT2D eigenvalue weighted by Gasteiger charge is 2.37. The number of aromatic nitrogens is 1. The van der Waals surface area contributed by atoms with Crippen LogP contribution < -0.4 is 4.90 Å². The smallest absolute Gasteiger partial charge is 0.0609 e. The first-order chi connectivity index (χ1) is 9.56. The van der Waals surface area contributed by atoms with Gasteiger partial charge in [-0.05, 0) is 51.3 Å². The minimum atomic E-state index is 0.618. The van der Waals surface area contributed by atoms with Crippen LogP contribution in [-0.4, -0.2) is 41.6 Å². The molecule has 0 amide bonds. The molecule has 0 spiro atoms. The largest absolute Gasteiger partial charge is 0.364 e. The van der Waals surface area contributed by atoms with E-state index in [1.54, 1.807) is 0 Å². The fraction of sp³-hybridized carbons (Fsp3) is 0.706. The molecule has 110 valence electrons. The molecule has 2 aliphatic rings. The predicted octanol–water partition coefficient (Wildman–Crippen LogP) is 3.01. The number of fused-ring (bicyclic) bond motifs is 1. The molecule has 2 saturated heterocycles. The van der Waals surface area contributed by atoms with Crippen LogP contribution >= 0.6 is 0 Å². The molecule has 1 aromatic heterocycles. The third-order valence-electron chi connectivity index (χ3n) is 5.00. The molecule has 3 heterocycles. The van der Waals surface area contributed by atoms with Crippen LogP contribution in [0.1, 0.15) is 38.1 Å². The zero-order chi connectivity index (χ0) is 14.3. The first-order valence-corrected chi connectivity index (χ1v) is 8.01. The Morgan fingerprint density at radius 3 is 2.70 bits per heavy atom. The van der Waals surface area contributed by atoms with Crippen LogP contribution in [0, 0.1) is 19.8 Å². The summed E-state index contributed by atoms with van der Waals surface area (Å²) in [6.45, 7) is 12.6. The average molecular weight is 273 g/mol. The lowest BCUT2D eigenvalue weighted by Crippen LogP contribution is -2.58. The van der Waals surface area contributed by atoms with Crippen molar-refractivity contribution in [3.05, 3.63) is 23.5 Å². The molecule has 1 aromatic rings. The Morgan fingerprint density at radius 2 is 2.00 bits per heavy atom. The average Bonchev–Trinajstić information content (AvgIpc) is 2.84. The minimum absolute atomic E-state index is 0.618. The Balaban J connectivity index is 1.91. The molecule has 0 saturated carbocycles. The van der Waals surface area contributed by atoms with E-state index in [2.05, 4.69) is 54.6 Å². The van der Waals surface area contributed by atoms with E-state index in [1.807, 2.05) is 0 Å². The minimum Gasteiger partial charge on any atom is -0.364 e. The van der Waals surface area contributed by atoms with Crippen molar-refractivity contribution >= 4 is 5.69 Å². The van der Waals surface area contributed by atoms with Gasteiger partial charge in [-0.15, -0.1) is 0 Å². The molecule has 0 radical (unpaired) electrons. The maximum Gasteiger partial charge on any atom is 0.0609 e. The van der Waals surface area contributed by atoms with Crippen molar-refractivity contribution < 1.29 is 0 Å². The summed E-state index contributed by atoms with van der Waals surface area (Å²) < 4.78 is 0. The normalized spacial score (nSPS) is 27.1. The third-order valence-corrected chi connectivity index (χ3v) is 5.00. The lowest BCUT2D eigenvalue weighted by Gasteiger charge is -2.47. The van der Waals surface area contributed by atoms with Gasteiger partial charge in [-0.2, -0.15) is 0 Å². The van der Waals surface area contributed by atoms with Gasteiger partial charge in [-0.3, -0.25) is 9.88 Å². The highest BCUT2D eigenvalue weighted by Crippen LogP contribution is 2.32. The van der Waals surface area contributed by atoms with Crippen molar-refractivity contribution in [1.82, 2.24) is 9.88 Å². The van der Waals surface area contributed by atoms with Gasteiger partial charge in [-0.25, -0.2) is 0 Å². The zero-order valence-electron chi connectivity index (χ0n) is 13.3. The van der Waals surface area contributed by atoms with Gasteiger partial charge in [0, 0.05) is 30.9 Å². The van der Waals surface area contributed by atoms with Gasteiger partial charge in [0.2, 0.25) is 0 Å². The number of pyridine rings is 1. The van der Waals surface area contributed by atoms with Crippen LogP contribution in [0.2, 0.25) is 0 Å². The summed E-state index contributed by atoms with van der Waals surface area (Å²) >= 11 is 0. The van der Waals surface area contributed by atoms with Gasteiger partial charge in [0.25, 0.3) is 0 Å². The number of hydrogen-bond donors (Lipinski definition) is 0. The van der Waals surface area contributed by atoms with Crippen LogP contribution in [-0.2, 0) is 0 Å². The first kappa shape index (κ1) is 13.9. The monoisotopic (exact) mass is 273 g/mol.